The average molecular weight is 492 g/mol. The van der Waals surface area contributed by atoms with Crippen LogP contribution in [0.4, 0.5) is 13.2 Å². The van der Waals surface area contributed by atoms with E-state index in [-0.39, 0.29) is 31.5 Å². The second-order valence-corrected chi connectivity index (χ2v) is 10.2. The lowest BCUT2D eigenvalue weighted by Gasteiger charge is -2.51. The van der Waals surface area contributed by atoms with Crippen LogP contribution in [0.5, 0.6) is 0 Å². The van der Waals surface area contributed by atoms with Crippen molar-refractivity contribution in [3.8, 4) is 0 Å². The standard InChI is InChI=1S/C30H28F3NO2/c1-20-22(8-5-15-34-20)17-27(35)24-10-12-26-23(16-24)9-11-25-19-29(36,30(31,32)33)14-13-28(25,26)18-21-6-3-2-4-7-21/h2-12,15-16,25,36H,13-14,17-19H2,1H3/t25-,28+,29-/m1/s1. The number of pyridine rings is 1. The Hall–Kier alpha value is -3.25. The highest BCUT2D eigenvalue weighted by Gasteiger charge is 2.60. The molecule has 1 N–H and O–H groups in total. The Balaban J connectivity index is 1.52. The molecular formula is C30H28F3NO2. The van der Waals surface area contributed by atoms with E-state index >= 15 is 0 Å². The van der Waals surface area contributed by atoms with Gasteiger partial charge in [0.1, 0.15) is 0 Å². The number of aliphatic hydroxyl groups is 1. The summed E-state index contributed by atoms with van der Waals surface area (Å²) in [6, 6.07) is 19.0. The summed E-state index contributed by atoms with van der Waals surface area (Å²) in [7, 11) is 0. The number of aryl methyl sites for hydroxylation is 1. The zero-order valence-electron chi connectivity index (χ0n) is 20.1. The first kappa shape index (κ1) is 24.4. The summed E-state index contributed by atoms with van der Waals surface area (Å²) in [5.41, 5.74) is 1.79. The second kappa shape index (κ2) is 9.00. The maximum atomic E-state index is 13.8. The van der Waals surface area contributed by atoms with Gasteiger partial charge >= 0.3 is 6.18 Å². The van der Waals surface area contributed by atoms with Crippen molar-refractivity contribution in [1.29, 1.82) is 0 Å². The van der Waals surface area contributed by atoms with Crippen LogP contribution in [0.3, 0.4) is 0 Å². The van der Waals surface area contributed by atoms with Crippen molar-refractivity contribution in [2.45, 2.75) is 56.2 Å². The van der Waals surface area contributed by atoms with Crippen LogP contribution in [-0.2, 0) is 18.3 Å². The summed E-state index contributed by atoms with van der Waals surface area (Å²) >= 11 is 0. The lowest BCUT2D eigenvalue weighted by Crippen LogP contribution is -2.55. The Labute approximate surface area is 208 Å². The van der Waals surface area contributed by atoms with Gasteiger partial charge in [0.15, 0.2) is 11.4 Å². The second-order valence-electron chi connectivity index (χ2n) is 10.2. The number of nitrogens with zero attached hydrogens (tertiary/aromatic N) is 1. The van der Waals surface area contributed by atoms with Crippen LogP contribution >= 0.6 is 0 Å². The molecule has 0 amide bonds. The number of ketones is 1. The first-order valence-electron chi connectivity index (χ1n) is 12.2. The molecule has 3 nitrogen and oxygen atoms in total. The van der Waals surface area contributed by atoms with Crippen LogP contribution in [0.15, 0.2) is 72.9 Å². The minimum absolute atomic E-state index is 0.0309. The van der Waals surface area contributed by atoms with Gasteiger partial charge in [-0.25, -0.2) is 0 Å². The molecule has 3 atom stereocenters. The van der Waals surface area contributed by atoms with Gasteiger partial charge < -0.3 is 5.11 Å². The van der Waals surface area contributed by atoms with E-state index in [4.69, 9.17) is 0 Å². The molecule has 0 saturated heterocycles. The monoisotopic (exact) mass is 491 g/mol. The van der Waals surface area contributed by atoms with Gasteiger partial charge in [0.05, 0.1) is 0 Å². The fraction of sp³-hybridized carbons (Fsp3) is 0.333. The van der Waals surface area contributed by atoms with Crippen LogP contribution in [-0.4, -0.2) is 27.7 Å². The maximum absolute atomic E-state index is 13.8. The quantitative estimate of drug-likeness (QED) is 0.419. The molecule has 0 unspecified atom stereocenters. The van der Waals surface area contributed by atoms with Crippen molar-refractivity contribution in [2.24, 2.45) is 5.92 Å². The zero-order chi connectivity index (χ0) is 25.6. The molecule has 0 radical (unpaired) electrons. The molecule has 0 spiro atoms. The molecule has 6 heteroatoms. The Morgan fingerprint density at radius 2 is 1.86 bits per heavy atom. The van der Waals surface area contributed by atoms with Gasteiger partial charge in [0.25, 0.3) is 0 Å². The number of allylic oxidation sites excluding steroid dienone is 1. The first-order chi connectivity index (χ1) is 17.1. The minimum atomic E-state index is -4.68. The van der Waals surface area contributed by atoms with Crippen molar-refractivity contribution in [3.05, 3.63) is 106 Å². The number of hydrogen-bond donors (Lipinski definition) is 1. The Morgan fingerprint density at radius 1 is 1.08 bits per heavy atom. The van der Waals surface area contributed by atoms with Gasteiger partial charge in [-0.15, -0.1) is 0 Å². The van der Waals surface area contributed by atoms with Gasteiger partial charge in [-0.05, 0) is 72.9 Å². The molecule has 186 valence electrons. The molecule has 5 rings (SSSR count). The van der Waals surface area contributed by atoms with E-state index in [0.717, 1.165) is 27.9 Å². The average Bonchev–Trinajstić information content (AvgIpc) is 2.85. The number of alkyl halides is 3. The third-order valence-electron chi connectivity index (χ3n) is 8.03. The molecule has 0 aliphatic heterocycles. The number of aromatic nitrogens is 1. The molecule has 2 aliphatic carbocycles. The van der Waals surface area contributed by atoms with Gasteiger partial charge in [-0.1, -0.05) is 60.7 Å². The molecule has 3 aromatic rings. The predicted molar refractivity (Wildman–Crippen MR) is 133 cm³/mol. The molecule has 1 aromatic heterocycles. The molecule has 1 heterocycles. The Kier molecular flexibility index (Phi) is 6.11. The zero-order valence-corrected chi connectivity index (χ0v) is 20.1. The highest BCUT2D eigenvalue weighted by atomic mass is 19.4. The van der Waals surface area contributed by atoms with Crippen molar-refractivity contribution in [1.82, 2.24) is 4.98 Å². The number of carbonyl (C=O) groups excluding carboxylic acids is 1. The summed E-state index contributed by atoms with van der Waals surface area (Å²) in [5, 5.41) is 10.5. The van der Waals surface area contributed by atoms with Crippen LogP contribution in [0.1, 0.15) is 57.6 Å². The topological polar surface area (TPSA) is 50.2 Å². The normalized spacial score (nSPS) is 25.2. The molecular weight excluding hydrogens is 463 g/mol. The summed E-state index contributed by atoms with van der Waals surface area (Å²) in [6.45, 7) is 1.87. The number of benzene rings is 2. The molecule has 36 heavy (non-hydrogen) atoms. The number of Topliss-reactive ketones (excluding diaryl/α,β-unsaturated/α-hetero) is 1. The van der Waals surface area contributed by atoms with E-state index in [9.17, 15) is 23.1 Å². The Bertz CT molecular complexity index is 1320. The molecule has 2 aromatic carbocycles. The summed E-state index contributed by atoms with van der Waals surface area (Å²) in [5.74, 6) is -0.512. The van der Waals surface area contributed by atoms with Crippen molar-refractivity contribution < 1.29 is 23.1 Å². The predicted octanol–water partition coefficient (Wildman–Crippen LogP) is 6.42. The lowest BCUT2D eigenvalue weighted by molar-refractivity contribution is -0.277. The number of hydrogen-bond acceptors (Lipinski definition) is 3. The number of halogens is 3. The van der Waals surface area contributed by atoms with Crippen LogP contribution in [0, 0.1) is 12.8 Å². The smallest absolute Gasteiger partial charge is 0.380 e. The lowest BCUT2D eigenvalue weighted by atomic mass is 9.54. The third-order valence-corrected chi connectivity index (χ3v) is 8.03. The number of rotatable bonds is 5. The summed E-state index contributed by atoms with van der Waals surface area (Å²) < 4.78 is 41.3. The van der Waals surface area contributed by atoms with Crippen LogP contribution in [0.25, 0.3) is 6.08 Å². The fourth-order valence-electron chi connectivity index (χ4n) is 5.92. The van der Waals surface area contributed by atoms with Gasteiger partial charge in [0.2, 0.25) is 0 Å². The minimum Gasteiger partial charge on any atom is -0.380 e. The van der Waals surface area contributed by atoms with Crippen LogP contribution < -0.4 is 0 Å². The van der Waals surface area contributed by atoms with Gasteiger partial charge in [-0.3, -0.25) is 9.78 Å². The highest BCUT2D eigenvalue weighted by Crippen LogP contribution is 2.56. The van der Waals surface area contributed by atoms with Crippen molar-refractivity contribution >= 4 is 11.9 Å². The maximum Gasteiger partial charge on any atom is 0.417 e. The van der Waals surface area contributed by atoms with Crippen molar-refractivity contribution in [3.63, 3.8) is 0 Å². The first-order valence-corrected chi connectivity index (χ1v) is 12.2. The van der Waals surface area contributed by atoms with E-state index in [1.165, 1.54) is 0 Å². The molecule has 1 saturated carbocycles. The summed E-state index contributed by atoms with van der Waals surface area (Å²) in [4.78, 5) is 17.3. The third kappa shape index (κ3) is 4.28. The van der Waals surface area contributed by atoms with E-state index in [2.05, 4.69) is 4.98 Å². The molecule has 0 bridgehead atoms. The van der Waals surface area contributed by atoms with E-state index < -0.39 is 23.1 Å². The number of carbonyl (C=O) groups is 1. The Morgan fingerprint density at radius 3 is 2.58 bits per heavy atom. The SMILES string of the molecule is Cc1ncccc1CC(=O)c1ccc2c(c1)C=C[C@@H]1C[C@@](O)(C(F)(F)F)CC[C@@]21Cc1ccccc1. The van der Waals surface area contributed by atoms with Gasteiger partial charge in [-0.2, -0.15) is 13.2 Å². The highest BCUT2D eigenvalue weighted by molar-refractivity contribution is 5.98. The van der Waals surface area contributed by atoms with E-state index in [1.807, 2.05) is 67.6 Å². The van der Waals surface area contributed by atoms with E-state index in [1.54, 1.807) is 18.3 Å². The largest absolute Gasteiger partial charge is 0.417 e. The molecule has 2 aliphatic rings. The summed E-state index contributed by atoms with van der Waals surface area (Å²) in [6.07, 6.45) is 0.902. The van der Waals surface area contributed by atoms with Crippen LogP contribution in [0.2, 0.25) is 0 Å². The number of fused-ring (bicyclic) bond motifs is 3. The van der Waals surface area contributed by atoms with Crippen molar-refractivity contribution in [2.75, 3.05) is 0 Å². The molecule has 1 fully saturated rings. The fourth-order valence-corrected chi connectivity index (χ4v) is 5.92. The van der Waals surface area contributed by atoms with E-state index in [0.29, 0.717) is 12.0 Å². The van der Waals surface area contributed by atoms with Gasteiger partial charge in [0, 0.05) is 29.3 Å².